The average Bonchev–Trinajstić information content (AvgIpc) is 3.78. The summed E-state index contributed by atoms with van der Waals surface area (Å²) in [7, 11) is 5.23. The highest BCUT2D eigenvalue weighted by atomic mass is 16.7. The number of Topliss-reactive ketones (excluding diaryl/α,β-unsaturated/α-hetero) is 2. The number of aliphatic hydroxyl groups excluding tert-OH is 1. The van der Waals surface area contributed by atoms with Crippen LogP contribution in [0.4, 0.5) is 4.79 Å². The van der Waals surface area contributed by atoms with Crippen molar-refractivity contribution in [2.45, 2.75) is 148 Å². The van der Waals surface area contributed by atoms with Crippen LogP contribution in [0.1, 0.15) is 87.5 Å². The lowest BCUT2D eigenvalue weighted by Gasteiger charge is -2.47. The van der Waals surface area contributed by atoms with Gasteiger partial charge in [0.05, 0.1) is 23.9 Å². The fourth-order valence-electron chi connectivity index (χ4n) is 9.29. The van der Waals surface area contributed by atoms with Gasteiger partial charge in [-0.25, -0.2) is 9.78 Å². The zero-order chi connectivity index (χ0) is 42.7. The largest absolute Gasteiger partial charge is 0.458 e. The summed E-state index contributed by atoms with van der Waals surface area (Å²) in [5.41, 5.74) is -1.88. The highest BCUT2D eigenvalue weighted by Crippen LogP contribution is 2.43. The zero-order valence-corrected chi connectivity index (χ0v) is 36.0. The molecule has 3 aliphatic rings. The van der Waals surface area contributed by atoms with Crippen molar-refractivity contribution in [2.24, 2.45) is 23.7 Å². The lowest BCUT2D eigenvalue weighted by Crippen LogP contribution is -2.60. The number of carbonyl (C=O) groups is 4. The summed E-state index contributed by atoms with van der Waals surface area (Å²) in [6, 6.07) is 2.62. The second kappa shape index (κ2) is 18.6. The SMILES string of the molecule is CC[C@H]1OC(=O)[C@H](C)C(=O)[C@H](C)[C@@H](O[C@H]2O[C@@H](C)C[C@@H](N(C)C)[C@@H]2O)[C@](C)(OC)C[C@@H](C)C(=O)[C@H](C)[C@H]2N(CCCCn3cnc(-c4cccnc4)n3)C(=O)O[C@]12C. The van der Waals surface area contributed by atoms with Crippen LogP contribution in [0.25, 0.3) is 11.4 Å². The summed E-state index contributed by atoms with van der Waals surface area (Å²) in [5.74, 6) is -4.44. The quantitative estimate of drug-likeness (QED) is 0.192. The van der Waals surface area contributed by atoms with Gasteiger partial charge >= 0.3 is 12.1 Å². The molecule has 322 valence electrons. The number of esters is 1. The second-order valence-electron chi connectivity index (χ2n) is 17.2. The first-order valence-electron chi connectivity index (χ1n) is 20.6. The number of fused-ring (bicyclic) bond motifs is 1. The molecule has 13 atom stereocenters. The summed E-state index contributed by atoms with van der Waals surface area (Å²) >= 11 is 0. The minimum absolute atomic E-state index is 0.123. The number of hydrogen-bond donors (Lipinski definition) is 1. The number of aliphatic hydroxyl groups is 1. The molecular formula is C42H64N6O10. The van der Waals surface area contributed by atoms with Crippen LogP contribution in [-0.2, 0) is 44.6 Å². The second-order valence-corrected chi connectivity index (χ2v) is 17.2. The number of aryl methyl sites for hydroxylation is 1. The highest BCUT2D eigenvalue weighted by molar-refractivity contribution is 6.00. The molecule has 3 fully saturated rings. The first-order chi connectivity index (χ1) is 27.4. The molecule has 0 aliphatic carbocycles. The summed E-state index contributed by atoms with van der Waals surface area (Å²) < 4.78 is 32.9. The van der Waals surface area contributed by atoms with Crippen molar-refractivity contribution < 1.29 is 48.0 Å². The molecule has 0 unspecified atom stereocenters. The molecule has 2 aromatic heterocycles. The third kappa shape index (κ3) is 9.30. The number of rotatable bonds is 11. The van der Waals surface area contributed by atoms with Gasteiger partial charge in [-0.05, 0) is 86.0 Å². The van der Waals surface area contributed by atoms with E-state index in [0.717, 1.165) is 5.56 Å². The maximum atomic E-state index is 14.7. The fraction of sp³-hybridized carbons (Fsp3) is 0.738. The Morgan fingerprint density at radius 2 is 1.72 bits per heavy atom. The van der Waals surface area contributed by atoms with Crippen molar-refractivity contribution in [1.29, 1.82) is 0 Å². The van der Waals surface area contributed by atoms with Crippen molar-refractivity contribution in [3.05, 3.63) is 30.9 Å². The molecule has 5 heterocycles. The van der Waals surface area contributed by atoms with Crippen molar-refractivity contribution in [3.63, 3.8) is 0 Å². The van der Waals surface area contributed by atoms with Crippen LogP contribution in [0.15, 0.2) is 30.9 Å². The van der Waals surface area contributed by atoms with Crippen LogP contribution in [0.2, 0.25) is 0 Å². The normalized spacial score (nSPS) is 36.7. The summed E-state index contributed by atoms with van der Waals surface area (Å²) in [5, 5.41) is 16.0. The number of unbranched alkanes of at least 4 members (excludes halogenated alkanes) is 1. The molecule has 0 spiro atoms. The number of ether oxygens (including phenoxy) is 5. The van der Waals surface area contributed by atoms with E-state index in [1.165, 1.54) is 14.0 Å². The Balaban J connectivity index is 1.43. The van der Waals surface area contributed by atoms with Crippen LogP contribution in [-0.4, -0.2) is 140 Å². The summed E-state index contributed by atoms with van der Waals surface area (Å²) in [6.07, 6.45) is 2.13. The number of ketones is 2. The maximum Gasteiger partial charge on any atom is 0.410 e. The minimum atomic E-state index is -1.41. The van der Waals surface area contributed by atoms with Crippen LogP contribution in [0.3, 0.4) is 0 Å². The number of aromatic nitrogens is 4. The number of carbonyl (C=O) groups excluding carboxylic acids is 4. The number of cyclic esters (lactones) is 1. The van der Waals surface area contributed by atoms with Crippen molar-refractivity contribution in [2.75, 3.05) is 27.7 Å². The summed E-state index contributed by atoms with van der Waals surface area (Å²) in [6.45, 7) is 14.7. The lowest BCUT2D eigenvalue weighted by atomic mass is 9.73. The van der Waals surface area contributed by atoms with Gasteiger partial charge in [-0.1, -0.05) is 27.7 Å². The molecule has 3 aliphatic heterocycles. The third-order valence-corrected chi connectivity index (χ3v) is 12.7. The molecule has 58 heavy (non-hydrogen) atoms. The van der Waals surface area contributed by atoms with Crippen molar-refractivity contribution in [1.82, 2.24) is 29.5 Å². The molecule has 0 bridgehead atoms. The third-order valence-electron chi connectivity index (χ3n) is 12.7. The minimum Gasteiger partial charge on any atom is -0.458 e. The first kappa shape index (κ1) is 45.3. The fourth-order valence-corrected chi connectivity index (χ4v) is 9.29. The van der Waals surface area contributed by atoms with E-state index in [9.17, 15) is 24.3 Å². The van der Waals surface area contributed by atoms with Gasteiger partial charge in [-0.3, -0.25) is 24.0 Å². The molecule has 0 radical (unpaired) electrons. The maximum absolute atomic E-state index is 14.7. The van der Waals surface area contributed by atoms with E-state index in [0.29, 0.717) is 31.6 Å². The van der Waals surface area contributed by atoms with E-state index >= 15 is 0 Å². The van der Waals surface area contributed by atoms with Gasteiger partial charge in [0.2, 0.25) is 0 Å². The first-order valence-corrected chi connectivity index (χ1v) is 20.6. The van der Waals surface area contributed by atoms with Gasteiger partial charge in [0.25, 0.3) is 0 Å². The van der Waals surface area contributed by atoms with E-state index in [1.807, 2.05) is 45.0 Å². The molecule has 0 aromatic carbocycles. The van der Waals surface area contributed by atoms with E-state index in [1.54, 1.807) is 62.9 Å². The number of methoxy groups -OCH3 is 1. The molecule has 3 saturated heterocycles. The Morgan fingerprint density at radius 1 is 1.02 bits per heavy atom. The topological polar surface area (TPSA) is 185 Å². The molecular weight excluding hydrogens is 748 g/mol. The van der Waals surface area contributed by atoms with Crippen LogP contribution < -0.4 is 0 Å². The Labute approximate surface area is 342 Å². The van der Waals surface area contributed by atoms with Crippen LogP contribution in [0.5, 0.6) is 0 Å². The van der Waals surface area contributed by atoms with Gasteiger partial charge in [-0.15, -0.1) is 0 Å². The summed E-state index contributed by atoms with van der Waals surface area (Å²) in [4.78, 5) is 68.8. The Hall–Kier alpha value is -3.83. The Kier molecular flexibility index (Phi) is 14.5. The van der Waals surface area contributed by atoms with E-state index in [4.69, 9.17) is 23.7 Å². The van der Waals surface area contributed by atoms with E-state index < -0.39 is 83.4 Å². The van der Waals surface area contributed by atoms with Crippen molar-refractivity contribution >= 4 is 23.6 Å². The predicted molar refractivity (Wildman–Crippen MR) is 212 cm³/mol. The average molecular weight is 813 g/mol. The molecule has 1 N–H and O–H groups in total. The Morgan fingerprint density at radius 3 is 2.36 bits per heavy atom. The molecule has 16 nitrogen and oxygen atoms in total. The molecule has 2 aromatic rings. The number of pyridine rings is 1. The van der Waals surface area contributed by atoms with Gasteiger partial charge in [-0.2, -0.15) is 5.10 Å². The van der Waals surface area contributed by atoms with Crippen LogP contribution in [0, 0.1) is 23.7 Å². The molecule has 16 heteroatoms. The number of hydrogen-bond acceptors (Lipinski definition) is 14. The monoisotopic (exact) mass is 812 g/mol. The molecule has 0 saturated carbocycles. The number of likely N-dealkylation sites (N-methyl/N-ethyl adjacent to an activating group) is 1. The van der Waals surface area contributed by atoms with Gasteiger partial charge in [0.1, 0.15) is 30.2 Å². The highest BCUT2D eigenvalue weighted by Gasteiger charge is 2.60. The van der Waals surface area contributed by atoms with E-state index in [-0.39, 0.29) is 37.3 Å². The number of amides is 1. The van der Waals surface area contributed by atoms with Gasteiger partial charge in [0, 0.05) is 62.0 Å². The standard InChI is InChI=1S/C42H64N6O10/c1-12-31-42(8)35(48(40(53)58-42)19-14-13-18-47-23-44-37(45-47)29-16-15-17-43-22-29)26(4)32(49)24(2)21-41(7,54-11)36(27(5)33(50)28(6)38(52)56-31)57-39-34(51)30(46(9)10)20-25(3)55-39/h15-17,22-28,30-31,34-36,39,51H,12-14,18-21H2,1-11H3/t24-,25+,26+,27+,28-,30-,31-,34+,35-,36-,39-,41-,42-/m1/s1. The predicted octanol–water partition coefficient (Wildman–Crippen LogP) is 4.32. The van der Waals surface area contributed by atoms with Crippen LogP contribution >= 0.6 is 0 Å². The van der Waals surface area contributed by atoms with Crippen molar-refractivity contribution in [3.8, 4) is 11.4 Å². The Bertz CT molecular complexity index is 1740. The molecule has 1 amide bonds. The van der Waals surface area contributed by atoms with E-state index in [2.05, 4.69) is 15.1 Å². The zero-order valence-electron chi connectivity index (χ0n) is 36.0. The number of nitrogens with zero attached hydrogens (tertiary/aromatic N) is 6. The smallest absolute Gasteiger partial charge is 0.410 e. The molecule has 5 rings (SSSR count). The van der Waals surface area contributed by atoms with Gasteiger partial charge in [0.15, 0.2) is 23.5 Å². The lowest BCUT2D eigenvalue weighted by molar-refractivity contribution is -0.295. The van der Waals surface area contributed by atoms with Gasteiger partial charge < -0.3 is 38.6 Å².